The molecule has 0 fully saturated rings. The maximum Gasteiger partial charge on any atom is 0.159 e. The highest BCUT2D eigenvalue weighted by Gasteiger charge is 2.24. The number of fused-ring (bicyclic) bond motifs is 1. The van der Waals surface area contributed by atoms with Crippen molar-refractivity contribution in [3.8, 4) is 5.75 Å². The van der Waals surface area contributed by atoms with Crippen LogP contribution in [0, 0.1) is 11.6 Å². The zero-order valence-corrected chi connectivity index (χ0v) is 15.4. The zero-order chi connectivity index (χ0) is 18.8. The minimum absolute atomic E-state index is 0.0376. The summed E-state index contributed by atoms with van der Waals surface area (Å²) in [6.07, 6.45) is 0.790. The highest BCUT2D eigenvalue weighted by Crippen LogP contribution is 2.45. The van der Waals surface area contributed by atoms with E-state index in [4.69, 9.17) is 0 Å². The quantitative estimate of drug-likeness (QED) is 0.608. The Bertz CT molecular complexity index is 963. The third-order valence-electron chi connectivity index (χ3n) is 4.80. The van der Waals surface area contributed by atoms with Crippen molar-refractivity contribution in [3.63, 3.8) is 0 Å². The van der Waals surface area contributed by atoms with Gasteiger partial charge >= 0.3 is 0 Å². The van der Waals surface area contributed by atoms with Gasteiger partial charge in [0.1, 0.15) is 5.75 Å². The number of phenols is 1. The smallest absolute Gasteiger partial charge is 0.159 e. The molecule has 1 aliphatic rings. The molecule has 0 spiro atoms. The molecule has 0 aliphatic carbocycles. The summed E-state index contributed by atoms with van der Waals surface area (Å²) < 4.78 is 27.0. The summed E-state index contributed by atoms with van der Waals surface area (Å²) in [5, 5.41) is 10.2. The van der Waals surface area contributed by atoms with Crippen molar-refractivity contribution < 1.29 is 13.9 Å². The molecule has 5 heteroatoms. The molecule has 138 valence electrons. The lowest BCUT2D eigenvalue weighted by molar-refractivity contribution is 0.467. The summed E-state index contributed by atoms with van der Waals surface area (Å²) in [6.45, 7) is 1.34. The monoisotopic (exact) mass is 383 g/mol. The van der Waals surface area contributed by atoms with E-state index in [0.717, 1.165) is 34.7 Å². The molecule has 27 heavy (non-hydrogen) atoms. The summed E-state index contributed by atoms with van der Waals surface area (Å²) in [7, 11) is 0. The first-order valence-corrected chi connectivity index (χ1v) is 9.72. The second-order valence-corrected chi connectivity index (χ2v) is 7.83. The predicted molar refractivity (Wildman–Crippen MR) is 105 cm³/mol. The molecule has 0 amide bonds. The van der Waals surface area contributed by atoms with E-state index in [1.807, 2.05) is 30.3 Å². The Labute approximate surface area is 161 Å². The van der Waals surface area contributed by atoms with Crippen LogP contribution in [-0.4, -0.2) is 11.7 Å². The number of thioether (sulfide) groups is 1. The number of hydrogen-bond acceptors (Lipinski definition) is 3. The molecule has 0 saturated carbocycles. The summed E-state index contributed by atoms with van der Waals surface area (Å²) in [6, 6.07) is 19.6. The van der Waals surface area contributed by atoms with Gasteiger partial charge in [-0.2, -0.15) is 0 Å². The van der Waals surface area contributed by atoms with Gasteiger partial charge in [0.05, 0.1) is 5.69 Å². The minimum Gasteiger partial charge on any atom is -0.508 e. The van der Waals surface area contributed by atoms with Crippen molar-refractivity contribution >= 4 is 17.4 Å². The van der Waals surface area contributed by atoms with E-state index >= 15 is 0 Å². The van der Waals surface area contributed by atoms with Crippen LogP contribution in [0.1, 0.15) is 22.8 Å². The number of nitrogens with zero attached hydrogens (tertiary/aromatic N) is 1. The van der Waals surface area contributed by atoms with Crippen LogP contribution in [0.4, 0.5) is 14.5 Å². The Kier molecular flexibility index (Phi) is 5.03. The van der Waals surface area contributed by atoms with Gasteiger partial charge < -0.3 is 10.0 Å². The van der Waals surface area contributed by atoms with E-state index in [1.54, 1.807) is 23.9 Å². The van der Waals surface area contributed by atoms with Crippen molar-refractivity contribution in [2.75, 3.05) is 11.4 Å². The van der Waals surface area contributed by atoms with Crippen LogP contribution in [0.2, 0.25) is 0 Å². The molecule has 1 atom stereocenters. The van der Waals surface area contributed by atoms with Crippen LogP contribution in [-0.2, 0) is 6.54 Å². The Morgan fingerprint density at radius 2 is 1.74 bits per heavy atom. The second-order valence-electron chi connectivity index (χ2n) is 6.59. The highest BCUT2D eigenvalue weighted by molar-refractivity contribution is 7.99. The number of rotatable bonds is 3. The zero-order valence-electron chi connectivity index (χ0n) is 14.6. The van der Waals surface area contributed by atoms with Gasteiger partial charge in [-0.3, -0.25) is 0 Å². The van der Waals surface area contributed by atoms with Crippen molar-refractivity contribution in [2.45, 2.75) is 23.1 Å². The van der Waals surface area contributed by atoms with Crippen LogP contribution in [0.25, 0.3) is 0 Å². The predicted octanol–water partition coefficient (Wildman–Crippen LogP) is 5.91. The maximum atomic E-state index is 13.7. The number of hydrogen-bond donors (Lipinski definition) is 1. The fraction of sp³-hybridized carbons (Fsp3) is 0.182. The average Bonchev–Trinajstić information content (AvgIpc) is 2.86. The highest BCUT2D eigenvalue weighted by atomic mass is 32.2. The molecule has 3 aromatic carbocycles. The summed E-state index contributed by atoms with van der Waals surface area (Å²) >= 11 is 1.67. The molecular formula is C22H19F2NOS. The van der Waals surface area contributed by atoms with Crippen molar-refractivity contribution in [3.05, 3.63) is 89.5 Å². The lowest BCUT2D eigenvalue weighted by atomic mass is 10.1. The Morgan fingerprint density at radius 1 is 0.963 bits per heavy atom. The summed E-state index contributed by atoms with van der Waals surface area (Å²) in [4.78, 5) is 3.33. The number of aromatic hydroxyl groups is 1. The fourth-order valence-corrected chi connectivity index (χ4v) is 4.67. The lowest BCUT2D eigenvalue weighted by Gasteiger charge is -2.25. The molecule has 1 aliphatic heterocycles. The molecule has 3 aromatic rings. The van der Waals surface area contributed by atoms with Gasteiger partial charge in [-0.1, -0.05) is 36.4 Å². The van der Waals surface area contributed by atoms with Gasteiger partial charge in [0.25, 0.3) is 0 Å². The third kappa shape index (κ3) is 3.78. The van der Waals surface area contributed by atoms with Crippen molar-refractivity contribution in [2.24, 2.45) is 0 Å². The summed E-state index contributed by atoms with van der Waals surface area (Å²) in [5.74, 6) is -1.35. The Hall–Kier alpha value is -2.53. The van der Waals surface area contributed by atoms with E-state index in [-0.39, 0.29) is 11.0 Å². The van der Waals surface area contributed by atoms with Gasteiger partial charge in [-0.05, 0) is 42.3 Å². The number of phenolic OH excluding ortho intramolecular Hbond substituents is 1. The van der Waals surface area contributed by atoms with E-state index < -0.39 is 11.6 Å². The molecular weight excluding hydrogens is 364 g/mol. The van der Waals surface area contributed by atoms with E-state index in [9.17, 15) is 13.9 Å². The van der Waals surface area contributed by atoms with Crippen LogP contribution < -0.4 is 4.90 Å². The van der Waals surface area contributed by atoms with Gasteiger partial charge in [-0.15, -0.1) is 11.8 Å². The van der Waals surface area contributed by atoms with Crippen LogP contribution in [0.15, 0.2) is 71.6 Å². The van der Waals surface area contributed by atoms with Gasteiger partial charge in [0.15, 0.2) is 11.6 Å². The number of anilines is 1. The Balaban J connectivity index is 1.65. The van der Waals surface area contributed by atoms with Crippen LogP contribution >= 0.6 is 11.8 Å². The third-order valence-corrected chi connectivity index (χ3v) is 6.20. The van der Waals surface area contributed by atoms with Crippen molar-refractivity contribution in [1.82, 2.24) is 0 Å². The fourth-order valence-electron chi connectivity index (χ4n) is 3.39. The first-order valence-electron chi connectivity index (χ1n) is 8.84. The molecule has 4 rings (SSSR count). The standard InChI is InChI=1S/C22H19F2NOS/c23-17-10-9-15(13-18(17)24)21-11-12-25(14-16-5-1-3-7-20(16)26)19-6-2-4-8-22(19)27-21/h1-10,13,21,26H,11-12,14H2. The van der Waals surface area contributed by atoms with Crippen LogP contribution in [0.3, 0.4) is 0 Å². The normalized spacial score (nSPS) is 16.7. The summed E-state index contributed by atoms with van der Waals surface area (Å²) in [5.41, 5.74) is 2.75. The van der Waals surface area contributed by atoms with E-state index in [0.29, 0.717) is 6.54 Å². The number of benzene rings is 3. The number of para-hydroxylation sites is 2. The molecule has 0 saturated heterocycles. The van der Waals surface area contributed by atoms with Gasteiger partial charge in [-0.25, -0.2) is 8.78 Å². The number of halogens is 2. The molecule has 0 aromatic heterocycles. The van der Waals surface area contributed by atoms with E-state index in [1.165, 1.54) is 12.1 Å². The topological polar surface area (TPSA) is 23.5 Å². The first-order chi connectivity index (χ1) is 13.1. The van der Waals surface area contributed by atoms with E-state index in [2.05, 4.69) is 17.0 Å². The lowest BCUT2D eigenvalue weighted by Crippen LogP contribution is -2.24. The largest absolute Gasteiger partial charge is 0.508 e. The van der Waals surface area contributed by atoms with Gasteiger partial charge in [0, 0.05) is 28.8 Å². The van der Waals surface area contributed by atoms with Crippen LogP contribution in [0.5, 0.6) is 5.75 Å². The van der Waals surface area contributed by atoms with Gasteiger partial charge in [0.2, 0.25) is 0 Å². The molecule has 1 N–H and O–H groups in total. The molecule has 1 heterocycles. The molecule has 1 unspecified atom stereocenters. The minimum atomic E-state index is -0.820. The molecule has 2 nitrogen and oxygen atoms in total. The average molecular weight is 383 g/mol. The Morgan fingerprint density at radius 3 is 2.56 bits per heavy atom. The second kappa shape index (κ2) is 7.61. The SMILES string of the molecule is Oc1ccccc1CN1CCC(c2ccc(F)c(F)c2)Sc2ccccc21. The van der Waals surface area contributed by atoms with Crippen molar-refractivity contribution in [1.29, 1.82) is 0 Å². The molecule has 0 radical (unpaired) electrons. The first kappa shape index (κ1) is 17.9. The molecule has 0 bridgehead atoms. The maximum absolute atomic E-state index is 13.7.